The maximum Gasteiger partial charge on any atom is 0.254 e. The van der Waals surface area contributed by atoms with Gasteiger partial charge in [-0.3, -0.25) is 14.3 Å². The third kappa shape index (κ3) is 5.30. The van der Waals surface area contributed by atoms with Gasteiger partial charge in [-0.05, 0) is 39.5 Å². The second kappa shape index (κ2) is 8.20. The van der Waals surface area contributed by atoms with Gasteiger partial charge in [0.2, 0.25) is 5.91 Å². The van der Waals surface area contributed by atoms with E-state index in [0.717, 1.165) is 25.7 Å². The summed E-state index contributed by atoms with van der Waals surface area (Å²) in [7, 11) is 0. The van der Waals surface area contributed by atoms with E-state index in [1.807, 2.05) is 13.8 Å². The number of aromatic nitrogens is 2. The molecule has 2 fully saturated rings. The number of hydrogen-bond acceptors (Lipinski definition) is 4. The minimum absolute atomic E-state index is 0.0434. The lowest BCUT2D eigenvalue weighted by Gasteiger charge is -2.35. The van der Waals surface area contributed by atoms with Gasteiger partial charge in [0.25, 0.3) is 5.91 Å². The molecule has 0 bridgehead atoms. The van der Waals surface area contributed by atoms with Crippen LogP contribution in [0.5, 0.6) is 0 Å². The van der Waals surface area contributed by atoms with E-state index in [9.17, 15) is 9.59 Å². The van der Waals surface area contributed by atoms with Crippen molar-refractivity contribution in [1.82, 2.24) is 20.4 Å². The van der Waals surface area contributed by atoms with E-state index in [1.165, 1.54) is 30.1 Å². The van der Waals surface area contributed by atoms with E-state index in [4.69, 9.17) is 4.74 Å². The minimum atomic E-state index is -0.211. The molecule has 2 N–H and O–H groups in total. The number of amides is 2. The van der Waals surface area contributed by atoms with Crippen LogP contribution in [0.25, 0.3) is 0 Å². The van der Waals surface area contributed by atoms with Crippen molar-refractivity contribution in [1.29, 1.82) is 0 Å². The summed E-state index contributed by atoms with van der Waals surface area (Å²) in [5, 5.41) is 10.3. The number of rotatable bonds is 5. The van der Waals surface area contributed by atoms with Crippen LogP contribution in [0, 0.1) is 0 Å². The largest absolute Gasteiger partial charge is 0.375 e. The van der Waals surface area contributed by atoms with Crippen molar-refractivity contribution in [2.24, 2.45) is 0 Å². The number of carbonyl (C=O) groups excluding carboxylic acids is 2. The van der Waals surface area contributed by atoms with Crippen LogP contribution in [-0.2, 0) is 16.1 Å². The van der Waals surface area contributed by atoms with Crippen LogP contribution in [-0.4, -0.2) is 45.9 Å². The van der Waals surface area contributed by atoms with Crippen LogP contribution in [0.15, 0.2) is 12.4 Å². The number of nitrogens with zero attached hydrogens (tertiary/aromatic N) is 2. The summed E-state index contributed by atoms with van der Waals surface area (Å²) in [6.07, 6.45) is 10.5. The summed E-state index contributed by atoms with van der Waals surface area (Å²) in [5.41, 5.74) is 0.275. The first kappa shape index (κ1) is 18.9. The van der Waals surface area contributed by atoms with Gasteiger partial charge in [-0.25, -0.2) is 0 Å². The molecule has 2 aliphatic rings. The van der Waals surface area contributed by atoms with Crippen molar-refractivity contribution in [2.45, 2.75) is 83.0 Å². The molecule has 1 aliphatic carbocycles. The molecular weight excluding hydrogens is 332 g/mol. The quantitative estimate of drug-likeness (QED) is 0.839. The maximum atomic E-state index is 12.4. The number of nitrogens with one attached hydrogen (secondary N) is 2. The zero-order chi connectivity index (χ0) is 18.6. The second-order valence-electron chi connectivity index (χ2n) is 8.10. The summed E-state index contributed by atoms with van der Waals surface area (Å²) < 4.78 is 7.21. The smallest absolute Gasteiger partial charge is 0.254 e. The van der Waals surface area contributed by atoms with Gasteiger partial charge >= 0.3 is 0 Å². The van der Waals surface area contributed by atoms with Gasteiger partial charge < -0.3 is 15.4 Å². The lowest BCUT2D eigenvalue weighted by atomic mass is 9.94. The molecule has 2 heterocycles. The van der Waals surface area contributed by atoms with E-state index in [0.29, 0.717) is 12.2 Å². The van der Waals surface area contributed by atoms with Crippen LogP contribution in [0.4, 0.5) is 0 Å². The Balaban J connectivity index is 1.48. The first-order chi connectivity index (χ1) is 12.4. The third-order valence-electron chi connectivity index (χ3n) is 5.20. The molecule has 26 heavy (non-hydrogen) atoms. The molecule has 1 saturated heterocycles. The van der Waals surface area contributed by atoms with Crippen molar-refractivity contribution < 1.29 is 14.3 Å². The Hall–Kier alpha value is -1.89. The Morgan fingerprint density at radius 1 is 1.19 bits per heavy atom. The Morgan fingerprint density at radius 3 is 2.69 bits per heavy atom. The van der Waals surface area contributed by atoms with Crippen LogP contribution >= 0.6 is 0 Å². The lowest BCUT2D eigenvalue weighted by Crippen LogP contribution is -2.45. The lowest BCUT2D eigenvalue weighted by molar-refractivity contribution is -0.122. The normalized spacial score (nSPS) is 23.4. The molecule has 1 aromatic rings. The van der Waals surface area contributed by atoms with Crippen molar-refractivity contribution >= 4 is 11.8 Å². The van der Waals surface area contributed by atoms with Gasteiger partial charge in [-0.1, -0.05) is 19.3 Å². The molecule has 1 atom stereocenters. The number of carbonyl (C=O) groups is 2. The first-order valence-corrected chi connectivity index (χ1v) is 9.68. The highest BCUT2D eigenvalue weighted by Gasteiger charge is 2.30. The van der Waals surface area contributed by atoms with Gasteiger partial charge in [0.05, 0.1) is 17.4 Å². The monoisotopic (exact) mass is 362 g/mol. The molecule has 1 unspecified atom stereocenters. The van der Waals surface area contributed by atoms with Gasteiger partial charge in [0, 0.05) is 24.9 Å². The van der Waals surface area contributed by atoms with E-state index < -0.39 is 0 Å². The van der Waals surface area contributed by atoms with Gasteiger partial charge in [-0.15, -0.1) is 0 Å². The van der Waals surface area contributed by atoms with Crippen LogP contribution < -0.4 is 10.6 Å². The van der Waals surface area contributed by atoms with Gasteiger partial charge in [0.15, 0.2) is 0 Å². The predicted molar refractivity (Wildman–Crippen MR) is 97.8 cm³/mol. The molecule has 7 heteroatoms. The fourth-order valence-corrected chi connectivity index (χ4v) is 3.86. The molecule has 144 valence electrons. The second-order valence-corrected chi connectivity index (χ2v) is 8.10. The molecule has 1 aliphatic heterocycles. The molecule has 0 aromatic carbocycles. The molecule has 1 aromatic heterocycles. The Kier molecular flexibility index (Phi) is 5.96. The van der Waals surface area contributed by atoms with Crippen LogP contribution in [0.2, 0.25) is 0 Å². The standard InChI is InChI=1S/C19H30N4O3/c1-19(2)10-16(8-9-26-19)22-18(25)14-11-20-23(12-14)13-17(24)21-15-6-4-3-5-7-15/h11-12,15-16H,3-10,13H2,1-2H3,(H,21,24)(H,22,25). The zero-order valence-electron chi connectivity index (χ0n) is 15.8. The molecule has 0 radical (unpaired) electrons. The van der Waals surface area contributed by atoms with E-state index in [1.54, 1.807) is 6.20 Å². The average molecular weight is 362 g/mol. The topological polar surface area (TPSA) is 85.2 Å². The van der Waals surface area contributed by atoms with E-state index >= 15 is 0 Å². The number of hydrogen-bond donors (Lipinski definition) is 2. The summed E-state index contributed by atoms with van der Waals surface area (Å²) in [6.45, 7) is 4.87. The minimum Gasteiger partial charge on any atom is -0.375 e. The summed E-state index contributed by atoms with van der Waals surface area (Å²) in [6, 6.07) is 0.385. The number of ether oxygens (including phenoxy) is 1. The summed E-state index contributed by atoms with van der Waals surface area (Å²) in [4.78, 5) is 24.6. The highest BCUT2D eigenvalue weighted by atomic mass is 16.5. The Bertz CT molecular complexity index is 634. The van der Waals surface area contributed by atoms with E-state index in [2.05, 4.69) is 15.7 Å². The highest BCUT2D eigenvalue weighted by molar-refractivity contribution is 5.94. The van der Waals surface area contributed by atoms with E-state index in [-0.39, 0.29) is 36.0 Å². The maximum absolute atomic E-state index is 12.4. The highest BCUT2D eigenvalue weighted by Crippen LogP contribution is 2.24. The molecule has 3 rings (SSSR count). The molecular formula is C19H30N4O3. The first-order valence-electron chi connectivity index (χ1n) is 9.68. The molecule has 2 amide bonds. The fraction of sp³-hybridized carbons (Fsp3) is 0.737. The molecule has 1 saturated carbocycles. The summed E-state index contributed by atoms with van der Waals surface area (Å²) in [5.74, 6) is -0.190. The third-order valence-corrected chi connectivity index (χ3v) is 5.20. The average Bonchev–Trinajstić information content (AvgIpc) is 3.03. The van der Waals surface area contributed by atoms with Crippen LogP contribution in [0.1, 0.15) is 69.2 Å². The van der Waals surface area contributed by atoms with Gasteiger partial charge in [-0.2, -0.15) is 5.10 Å². The van der Waals surface area contributed by atoms with Crippen molar-refractivity contribution in [3.63, 3.8) is 0 Å². The zero-order valence-corrected chi connectivity index (χ0v) is 15.8. The van der Waals surface area contributed by atoms with Crippen molar-refractivity contribution in [2.75, 3.05) is 6.61 Å². The van der Waals surface area contributed by atoms with Crippen molar-refractivity contribution in [3.05, 3.63) is 18.0 Å². The van der Waals surface area contributed by atoms with Crippen LogP contribution in [0.3, 0.4) is 0 Å². The summed E-state index contributed by atoms with van der Waals surface area (Å²) >= 11 is 0. The SMILES string of the molecule is CC1(C)CC(NC(=O)c2cnn(CC(=O)NC3CCCCC3)c2)CCO1. The predicted octanol–water partition coefficient (Wildman–Crippen LogP) is 2.02. The van der Waals surface area contributed by atoms with Gasteiger partial charge in [0.1, 0.15) is 6.54 Å². The molecule has 7 nitrogen and oxygen atoms in total. The Labute approximate surface area is 154 Å². The van der Waals surface area contributed by atoms with Crippen molar-refractivity contribution in [3.8, 4) is 0 Å². The fourth-order valence-electron chi connectivity index (χ4n) is 3.86. The Morgan fingerprint density at radius 2 is 1.96 bits per heavy atom. The molecule has 0 spiro atoms.